The van der Waals surface area contributed by atoms with E-state index < -0.39 is 77.9 Å². The Kier molecular flexibility index (Phi) is 7.22. The van der Waals surface area contributed by atoms with Crippen LogP contribution in [0, 0.1) is 6.92 Å². The molecule has 2 bridgehead atoms. The van der Waals surface area contributed by atoms with E-state index in [2.05, 4.69) is 29.9 Å². The number of aromatic nitrogens is 9. The van der Waals surface area contributed by atoms with E-state index in [9.17, 15) is 29.1 Å². The smallest absolute Gasteiger partial charge is 0.387 e. The molecule has 5 aromatic rings. The number of imidazole rings is 3. The lowest BCUT2D eigenvalue weighted by Crippen LogP contribution is -2.36. The largest absolute Gasteiger partial charge is 0.472 e. The molecule has 47 heavy (non-hydrogen) atoms. The SMILES string of the molecule is Cc1cnc2c3ncn([C@@H]4O[C@@H]5COP(=O)(O)O[C@@H]6[C@H](O)[C@@H](COP(=O)(O)O[C@H]5[C@H]4O)O[C@H]6n4cnc5c(N)ncnc54)c3ncn12. The zero-order valence-corrected chi connectivity index (χ0v) is 25.8. The van der Waals surface area contributed by atoms with Gasteiger partial charge in [0.25, 0.3) is 0 Å². The molecular weight excluding hydrogens is 670 g/mol. The maximum Gasteiger partial charge on any atom is 0.472 e. The summed E-state index contributed by atoms with van der Waals surface area (Å²) in [7, 11) is -10.1. The Morgan fingerprint density at radius 1 is 0.766 bits per heavy atom. The van der Waals surface area contributed by atoms with Gasteiger partial charge in [0, 0.05) is 11.9 Å². The minimum Gasteiger partial charge on any atom is -0.387 e. The number of aryl methyl sites for hydroxylation is 1. The van der Waals surface area contributed by atoms with Gasteiger partial charge in [0.2, 0.25) is 0 Å². The van der Waals surface area contributed by atoms with E-state index in [-0.39, 0.29) is 22.6 Å². The zero-order chi connectivity index (χ0) is 32.8. The fraction of sp³-hybridized carbons (Fsp3) is 0.478. The number of anilines is 1. The van der Waals surface area contributed by atoms with Crippen molar-refractivity contribution in [3.8, 4) is 0 Å². The molecule has 6 N–H and O–H groups in total. The van der Waals surface area contributed by atoms with E-state index in [1.165, 1.54) is 28.1 Å². The van der Waals surface area contributed by atoms with Crippen molar-refractivity contribution in [2.24, 2.45) is 0 Å². The first-order valence-corrected chi connectivity index (χ1v) is 17.0. The Morgan fingerprint density at radius 2 is 1.40 bits per heavy atom. The maximum absolute atomic E-state index is 13.3. The first kappa shape index (κ1) is 30.8. The van der Waals surface area contributed by atoms with E-state index in [1.54, 1.807) is 10.6 Å². The molecule has 3 saturated heterocycles. The summed E-state index contributed by atoms with van der Waals surface area (Å²) in [4.78, 5) is 46.7. The molecular formula is C23H26N10O12P2. The minimum atomic E-state index is -5.05. The Labute approximate surface area is 261 Å². The fourth-order valence-corrected chi connectivity index (χ4v) is 7.77. The van der Waals surface area contributed by atoms with Crippen LogP contribution in [0.1, 0.15) is 18.1 Å². The quantitative estimate of drug-likeness (QED) is 0.143. The van der Waals surface area contributed by atoms with Crippen LogP contribution in [0.25, 0.3) is 28.0 Å². The van der Waals surface area contributed by atoms with Crippen LogP contribution in [-0.2, 0) is 36.7 Å². The summed E-state index contributed by atoms with van der Waals surface area (Å²) in [6.45, 7) is 0.298. The second-order valence-electron chi connectivity index (χ2n) is 11.0. The molecule has 2 unspecified atom stereocenters. The molecule has 0 spiro atoms. The van der Waals surface area contributed by atoms with Gasteiger partial charge in [-0.1, -0.05) is 0 Å². The van der Waals surface area contributed by atoms with Crippen LogP contribution in [-0.4, -0.2) is 113 Å². The summed E-state index contributed by atoms with van der Waals surface area (Å²) in [5.41, 5.74) is 8.13. The van der Waals surface area contributed by atoms with Crippen LogP contribution in [0.4, 0.5) is 5.82 Å². The molecule has 24 heteroatoms. The molecule has 8 heterocycles. The first-order valence-electron chi connectivity index (χ1n) is 14.0. The van der Waals surface area contributed by atoms with Gasteiger partial charge in [-0.25, -0.2) is 39.0 Å². The predicted molar refractivity (Wildman–Crippen MR) is 152 cm³/mol. The average molecular weight is 696 g/mol. The van der Waals surface area contributed by atoms with Crippen LogP contribution in [0.5, 0.6) is 0 Å². The van der Waals surface area contributed by atoms with Crippen LogP contribution >= 0.6 is 15.6 Å². The molecule has 10 atom stereocenters. The number of hydrogen-bond donors (Lipinski definition) is 5. The van der Waals surface area contributed by atoms with Gasteiger partial charge >= 0.3 is 15.6 Å². The van der Waals surface area contributed by atoms with E-state index in [0.717, 1.165) is 12.0 Å². The number of ether oxygens (including phenoxy) is 2. The van der Waals surface area contributed by atoms with Crippen molar-refractivity contribution in [2.75, 3.05) is 18.9 Å². The monoisotopic (exact) mass is 696 g/mol. The van der Waals surface area contributed by atoms with Gasteiger partial charge in [-0.15, -0.1) is 0 Å². The standard InChI is InChI=1S/C23H26N10O12P2/c1-9-2-25-20-13-21(30-8-31(9)20)32(7-29-13)22-15(35)16-11(43-22)4-41-47(38,39)45-17-14(34)10(3-40-46(36,37)44-16)42-23(17)33-6-28-12-18(24)26-5-27-19(12)33/h2,5-8,10-11,14-17,22-23,34-35H,3-4H2,1H3,(H,36,37)(H,38,39)(H2,24,26,27)/t10-,11-,14-,15-,16-,17-,22-,23-/m1/s1. The van der Waals surface area contributed by atoms with Crippen molar-refractivity contribution in [1.29, 1.82) is 0 Å². The second-order valence-corrected chi connectivity index (χ2v) is 13.8. The summed E-state index contributed by atoms with van der Waals surface area (Å²) in [6, 6.07) is 0. The molecule has 3 fully saturated rings. The molecule has 0 aromatic carbocycles. The van der Waals surface area contributed by atoms with E-state index in [1.807, 2.05) is 6.92 Å². The van der Waals surface area contributed by atoms with Crippen molar-refractivity contribution < 1.29 is 56.7 Å². The Balaban J connectivity index is 1.11. The number of rotatable bonds is 2. The van der Waals surface area contributed by atoms with Crippen LogP contribution in [0.3, 0.4) is 0 Å². The van der Waals surface area contributed by atoms with Crippen LogP contribution in [0.15, 0.2) is 31.5 Å². The number of fused-ring (bicyclic) bond motifs is 7. The molecule has 0 aliphatic carbocycles. The highest BCUT2D eigenvalue weighted by atomic mass is 31.2. The van der Waals surface area contributed by atoms with Crippen molar-refractivity contribution in [1.82, 2.24) is 43.4 Å². The van der Waals surface area contributed by atoms with Gasteiger partial charge < -0.3 is 35.2 Å². The van der Waals surface area contributed by atoms with Gasteiger partial charge in [-0.3, -0.25) is 31.6 Å². The highest BCUT2D eigenvalue weighted by Crippen LogP contribution is 2.53. The lowest BCUT2D eigenvalue weighted by molar-refractivity contribution is -0.0672. The number of aliphatic hydroxyl groups excluding tert-OH is 2. The highest BCUT2D eigenvalue weighted by Gasteiger charge is 2.54. The Hall–Kier alpha value is -3.50. The zero-order valence-electron chi connectivity index (χ0n) is 24.0. The summed E-state index contributed by atoms with van der Waals surface area (Å²) >= 11 is 0. The molecule has 22 nitrogen and oxygen atoms in total. The maximum atomic E-state index is 13.3. The summed E-state index contributed by atoms with van der Waals surface area (Å²) < 4.78 is 63.8. The van der Waals surface area contributed by atoms with Gasteiger partial charge in [0.15, 0.2) is 40.7 Å². The number of aliphatic hydroxyl groups is 2. The minimum absolute atomic E-state index is 0.0392. The third-order valence-corrected chi connectivity index (χ3v) is 10.1. The molecule has 5 aromatic heterocycles. The fourth-order valence-electron chi connectivity index (χ4n) is 5.87. The second kappa shape index (κ2) is 11.0. The van der Waals surface area contributed by atoms with Crippen LogP contribution < -0.4 is 5.73 Å². The lowest BCUT2D eigenvalue weighted by Gasteiger charge is -2.25. The third-order valence-electron chi connectivity index (χ3n) is 8.13. The number of phosphoric acid groups is 2. The topological polar surface area (TPSA) is 288 Å². The summed E-state index contributed by atoms with van der Waals surface area (Å²) in [6.07, 6.45) is -5.23. The summed E-state index contributed by atoms with van der Waals surface area (Å²) in [5, 5.41) is 22.4. The van der Waals surface area contributed by atoms with E-state index in [0.29, 0.717) is 11.2 Å². The van der Waals surface area contributed by atoms with Gasteiger partial charge in [0.1, 0.15) is 54.8 Å². The molecule has 8 rings (SSSR count). The number of nitrogens with zero attached hydrogens (tertiary/aromatic N) is 9. The van der Waals surface area contributed by atoms with E-state index in [4.69, 9.17) is 33.3 Å². The third kappa shape index (κ3) is 5.14. The molecule has 3 aliphatic heterocycles. The average Bonchev–Trinajstić information content (AvgIpc) is 3.84. The van der Waals surface area contributed by atoms with Crippen molar-refractivity contribution in [2.45, 2.75) is 56.0 Å². The Morgan fingerprint density at radius 3 is 2.17 bits per heavy atom. The molecule has 250 valence electrons. The lowest BCUT2D eigenvalue weighted by atomic mass is 10.1. The summed E-state index contributed by atoms with van der Waals surface area (Å²) in [5.74, 6) is 0.0392. The normalized spacial score (nSPS) is 36.8. The van der Waals surface area contributed by atoms with Gasteiger partial charge in [-0.2, -0.15) is 0 Å². The van der Waals surface area contributed by atoms with Crippen LogP contribution in [0.2, 0.25) is 0 Å². The van der Waals surface area contributed by atoms with Gasteiger partial charge in [0.05, 0.1) is 25.9 Å². The molecule has 0 amide bonds. The molecule has 0 saturated carbocycles. The number of nitrogen functional groups attached to an aromatic ring is 1. The predicted octanol–water partition coefficient (Wildman–Crippen LogP) is -0.656. The molecule has 3 aliphatic rings. The Bertz CT molecular complexity index is 2110. The van der Waals surface area contributed by atoms with Crippen molar-refractivity contribution in [3.63, 3.8) is 0 Å². The highest BCUT2D eigenvalue weighted by molar-refractivity contribution is 7.47. The number of phosphoric ester groups is 2. The molecule has 0 radical (unpaired) electrons. The number of nitrogens with two attached hydrogens (primary N) is 1. The van der Waals surface area contributed by atoms with Crippen molar-refractivity contribution in [3.05, 3.63) is 37.2 Å². The first-order chi connectivity index (χ1) is 22.4. The van der Waals surface area contributed by atoms with Gasteiger partial charge in [-0.05, 0) is 6.92 Å². The number of hydrogen-bond acceptors (Lipinski definition) is 17. The van der Waals surface area contributed by atoms with Crippen molar-refractivity contribution >= 4 is 49.4 Å². The van der Waals surface area contributed by atoms with E-state index >= 15 is 0 Å².